The number of carboxylic acids is 1. The summed E-state index contributed by atoms with van der Waals surface area (Å²) in [7, 11) is 0. The first kappa shape index (κ1) is 87.5. The molecule has 10 amide bonds. The number of aromatic hydroxyl groups is 5. The van der Waals surface area contributed by atoms with E-state index in [1.807, 2.05) is 19.6 Å². The number of phenolic OH excluding ortho intramolecular Hbond substituents is 5. The minimum Gasteiger partial charge on any atom is -0.508 e. The largest absolute Gasteiger partial charge is 0.508 e. The molecule has 16 N–H and O–H groups in total. The van der Waals surface area contributed by atoms with Gasteiger partial charge < -0.3 is 88.2 Å². The van der Waals surface area contributed by atoms with Crippen LogP contribution in [0.2, 0.25) is 0 Å². The Morgan fingerprint density at radius 1 is 0.408 bits per heavy atom. The molecule has 6 unspecified atom stereocenters. The highest BCUT2D eigenvalue weighted by atomic mass is 16.4. The molecule has 0 spiro atoms. The van der Waals surface area contributed by atoms with Crippen molar-refractivity contribution in [3.63, 3.8) is 0 Å². The first-order valence-electron chi connectivity index (χ1n) is 40.0. The molecule has 1 aliphatic carbocycles. The fourth-order valence-corrected chi connectivity index (χ4v) is 14.8. The number of carbonyl (C=O) groups excluding carboxylic acids is 11. The molecule has 5 heterocycles. The lowest BCUT2D eigenvalue weighted by Gasteiger charge is -2.33. The molecule has 5 aliphatic heterocycles. The minimum atomic E-state index is -1.05. The van der Waals surface area contributed by atoms with E-state index in [1.54, 1.807) is 24.3 Å². The zero-order valence-corrected chi connectivity index (χ0v) is 66.1. The van der Waals surface area contributed by atoms with E-state index in [-0.39, 0.29) is 247 Å². The van der Waals surface area contributed by atoms with Gasteiger partial charge in [0.05, 0.1) is 44.5 Å². The van der Waals surface area contributed by atoms with Crippen molar-refractivity contribution in [1.29, 1.82) is 0 Å². The van der Waals surface area contributed by atoms with Crippen molar-refractivity contribution in [2.45, 2.75) is 69.9 Å². The van der Waals surface area contributed by atoms with Gasteiger partial charge in [0.1, 0.15) is 40.1 Å². The quantitative estimate of drug-likeness (QED) is 0.0348. The SMILES string of the molecule is O=Cc1cc(C(=O)NCCCCC2CN3CCNC(=O)c4cccc(c4O)C(=O)NCCN(CCNC(=O)c4cccc(c4O)C(=O)N2)CCN2CCNC(=O)c4cccc(c4O)C(=O)NCCN(CC3)CC(CCCCNC(=O)CCCC(=O)O)NC(=O)c3cccc(c3O)C(=O)NCC2)ccc1-c1c2ccc(=O)cc-2oc2cc(O)ccc12. The van der Waals surface area contributed by atoms with Crippen molar-refractivity contribution in [1.82, 2.24) is 72.8 Å². The van der Waals surface area contributed by atoms with Gasteiger partial charge in [-0.3, -0.25) is 81.9 Å². The predicted octanol–water partition coefficient (Wildman–Crippen LogP) is 3.97. The lowest BCUT2D eigenvalue weighted by atomic mass is 9.90. The van der Waals surface area contributed by atoms with Crippen LogP contribution in [-0.2, 0) is 9.59 Å². The number of fused-ring (bicyclic) bond motifs is 18. The Kier molecular flexibility index (Phi) is 30.8. The maximum Gasteiger partial charge on any atom is 0.303 e. The Morgan fingerprint density at radius 2 is 0.800 bits per heavy atom. The first-order valence-corrected chi connectivity index (χ1v) is 40.0. The van der Waals surface area contributed by atoms with E-state index in [9.17, 15) is 87.9 Å². The summed E-state index contributed by atoms with van der Waals surface area (Å²) in [6, 6.07) is 28.1. The third-order valence-electron chi connectivity index (χ3n) is 21.2. The van der Waals surface area contributed by atoms with Gasteiger partial charge in [0, 0.05) is 196 Å². The van der Waals surface area contributed by atoms with Crippen LogP contribution in [0.4, 0.5) is 0 Å². The second-order valence-corrected chi connectivity index (χ2v) is 29.5. The Hall–Kier alpha value is -13.3. The monoisotopic (exact) mass is 1650 g/mol. The lowest BCUT2D eigenvalue weighted by molar-refractivity contribution is -0.137. The van der Waals surface area contributed by atoms with E-state index in [2.05, 4.69) is 53.2 Å². The zero-order valence-electron chi connectivity index (χ0n) is 66.1. The lowest BCUT2D eigenvalue weighted by Crippen LogP contribution is -2.50. The number of phenols is 5. The van der Waals surface area contributed by atoms with Gasteiger partial charge in [-0.2, -0.15) is 0 Å². The summed E-state index contributed by atoms with van der Waals surface area (Å²) >= 11 is 0. The van der Waals surface area contributed by atoms with Crippen molar-refractivity contribution in [3.8, 4) is 51.2 Å². The summed E-state index contributed by atoms with van der Waals surface area (Å²) < 4.78 is 6.02. The summed E-state index contributed by atoms with van der Waals surface area (Å²) in [6.45, 7) is 0.502. The molecule has 632 valence electrons. The standard InChI is InChI=1S/C86H98N14O20/c101-51-53-46-52(22-25-58(53)73-59-26-23-56(102)47-69(59)120-70-48-57(103)24-27-60(70)73)78(111)88-29-4-2-11-55-50-100-41-35-94-82(115)64-15-6-13-62(75(64)108)80(113)90-31-37-98(39-33-92-84(117)66-17-8-19-68(77(66)110)86(119)96-55)43-42-97-36-30-89-79(112)61-12-5-14-63(74(61)107)81(114)93-34-40-99(44-45-100)49-54(10-1-3-28-87-71(104)20-9-21-72(105)106)95-85(118)67-18-7-16-65(76(67)109)83(116)91-32-38-97/h5-8,12-19,22-27,46-48,51,54-55,102,107-110H,1-4,9-11,20-21,28-45,49-50H2,(H,87,104)(H,88,111)(H,89,112)(H,90,113)(H,91,116)(H,92,117)(H,93,114)(H,94,115)(H,95,118)(H,96,119)(H,105,106). The van der Waals surface area contributed by atoms with E-state index in [4.69, 9.17) is 9.52 Å². The average Bonchev–Trinajstić information content (AvgIpc) is 0.747. The molecule has 12 rings (SSSR count). The summed E-state index contributed by atoms with van der Waals surface area (Å²) in [5.74, 6) is -10.3. The molecular formula is C86H98N14O20. The maximum atomic E-state index is 15.0. The second-order valence-electron chi connectivity index (χ2n) is 29.5. The number of unbranched alkanes of at least 4 members (excludes halogenated alkanes) is 2. The third-order valence-corrected chi connectivity index (χ3v) is 21.2. The third kappa shape index (κ3) is 23.3. The van der Waals surface area contributed by atoms with E-state index in [0.29, 0.717) is 54.0 Å². The Balaban J connectivity index is 0.954. The number of nitrogens with zero attached hydrogens (tertiary/aromatic N) is 4. The van der Waals surface area contributed by atoms with Crippen LogP contribution in [-0.4, -0.2) is 265 Å². The number of benzene rings is 7. The number of aldehydes is 1. The highest BCUT2D eigenvalue weighted by Crippen LogP contribution is 2.42. The topological polar surface area (TPSA) is 490 Å². The molecule has 0 radical (unpaired) electrons. The molecule has 0 saturated carbocycles. The van der Waals surface area contributed by atoms with Crippen LogP contribution < -0.4 is 58.6 Å². The highest BCUT2D eigenvalue weighted by molar-refractivity contribution is 6.09. The van der Waals surface area contributed by atoms with Crippen LogP contribution in [0.25, 0.3) is 33.4 Å². The number of nitrogens with one attached hydrogen (secondary N) is 10. The van der Waals surface area contributed by atoms with Crippen LogP contribution in [0.1, 0.15) is 161 Å². The highest BCUT2D eigenvalue weighted by Gasteiger charge is 2.30. The second kappa shape index (κ2) is 42.2. The normalized spacial score (nSPS) is 19.3. The van der Waals surface area contributed by atoms with Crippen molar-refractivity contribution in [2.24, 2.45) is 0 Å². The summed E-state index contributed by atoms with van der Waals surface area (Å²) in [4.78, 5) is 186. The predicted molar refractivity (Wildman–Crippen MR) is 441 cm³/mol. The average molecular weight is 1650 g/mol. The van der Waals surface area contributed by atoms with E-state index in [0.717, 1.165) is 0 Å². The van der Waals surface area contributed by atoms with E-state index >= 15 is 0 Å². The van der Waals surface area contributed by atoms with Gasteiger partial charge in [-0.25, -0.2) is 0 Å². The molecule has 6 aromatic rings. The molecule has 6 aromatic carbocycles. The van der Waals surface area contributed by atoms with E-state index in [1.165, 1.54) is 103 Å². The van der Waals surface area contributed by atoms with Crippen molar-refractivity contribution >= 4 is 82.3 Å². The van der Waals surface area contributed by atoms with Gasteiger partial charge in [0.15, 0.2) is 11.7 Å². The molecule has 34 heteroatoms. The number of rotatable bonds is 17. The van der Waals surface area contributed by atoms with Crippen LogP contribution in [0.3, 0.4) is 0 Å². The van der Waals surface area contributed by atoms with Gasteiger partial charge in [-0.1, -0.05) is 30.3 Å². The summed E-state index contributed by atoms with van der Waals surface area (Å²) in [5.41, 5.74) is -0.304. The molecule has 0 aromatic heterocycles. The molecule has 120 heavy (non-hydrogen) atoms. The van der Waals surface area contributed by atoms with Crippen molar-refractivity contribution in [3.05, 3.63) is 193 Å². The Labute approximate surface area is 689 Å². The molecular weight excluding hydrogens is 1550 g/mol. The molecule has 6 atom stereocenters. The number of hydrogen-bond acceptors (Lipinski definition) is 23. The van der Waals surface area contributed by atoms with Crippen LogP contribution >= 0.6 is 0 Å². The minimum absolute atomic E-state index is 0.00162. The van der Waals surface area contributed by atoms with E-state index < -0.39 is 94.2 Å². The molecule has 0 saturated heterocycles. The van der Waals surface area contributed by atoms with Crippen molar-refractivity contribution < 1.29 is 92.6 Å². The molecule has 12 bridgehead atoms. The number of para-hydroxylation sites is 4. The Bertz CT molecular complexity index is 5170. The fourth-order valence-electron chi connectivity index (χ4n) is 14.8. The summed E-state index contributed by atoms with van der Waals surface area (Å²) in [6.07, 6.45) is 2.18. The molecule has 6 aliphatic rings. The number of carboxylic acid groups (broad SMARTS) is 1. The van der Waals surface area contributed by atoms with Gasteiger partial charge in [0.25, 0.3) is 53.2 Å². The maximum absolute atomic E-state index is 15.0. The first-order chi connectivity index (χ1) is 57.9. The smallest absolute Gasteiger partial charge is 0.303 e. The van der Waals surface area contributed by atoms with Gasteiger partial charge in [0.2, 0.25) is 5.91 Å². The summed E-state index contributed by atoms with van der Waals surface area (Å²) in [5, 5.41) is 96.2. The van der Waals surface area contributed by atoms with Crippen LogP contribution in [0, 0.1) is 0 Å². The number of aliphatic carboxylic acids is 1. The molecule has 34 nitrogen and oxygen atoms in total. The number of amides is 10. The Morgan fingerprint density at radius 3 is 1.22 bits per heavy atom. The number of hydrogen-bond donors (Lipinski definition) is 16. The number of carbonyl (C=O) groups is 12. The van der Waals surface area contributed by atoms with Gasteiger partial charge in [-0.05, 0) is 135 Å². The van der Waals surface area contributed by atoms with Crippen molar-refractivity contribution in [2.75, 3.05) is 131 Å². The van der Waals surface area contributed by atoms with Crippen LogP contribution in [0.5, 0.6) is 28.7 Å². The van der Waals surface area contributed by atoms with Crippen LogP contribution in [0.15, 0.2) is 137 Å². The zero-order chi connectivity index (χ0) is 85.4. The molecule has 0 fully saturated rings. The van der Waals surface area contributed by atoms with Gasteiger partial charge in [-0.15, -0.1) is 0 Å². The van der Waals surface area contributed by atoms with Gasteiger partial charge >= 0.3 is 5.97 Å². The fraction of sp³-hybridized carbons (Fsp3) is 0.360.